The molecule has 4 atom stereocenters. The fourth-order valence-electron chi connectivity index (χ4n) is 3.84. The number of likely N-dealkylation sites (tertiary alicyclic amines) is 1. The lowest BCUT2D eigenvalue weighted by Gasteiger charge is -2.23. The van der Waals surface area contributed by atoms with Crippen LogP contribution in [-0.2, 0) is 4.74 Å². The van der Waals surface area contributed by atoms with Crippen LogP contribution in [0.5, 0.6) is 0 Å². The van der Waals surface area contributed by atoms with E-state index < -0.39 is 0 Å². The summed E-state index contributed by atoms with van der Waals surface area (Å²) in [5.74, 6) is 2.67. The summed E-state index contributed by atoms with van der Waals surface area (Å²) in [5.41, 5.74) is 0. The lowest BCUT2D eigenvalue weighted by atomic mass is 9.82. The maximum atomic E-state index is 6.01. The maximum absolute atomic E-state index is 6.01. The average molecular weight is 235 g/mol. The molecule has 4 unspecified atom stereocenters. The highest BCUT2D eigenvalue weighted by molar-refractivity contribution is 5.80. The standard InChI is InChI=1S/C13H21N3O/c1-14-13(15-8-2-3-8)16-6-9-10(7-16)12-5-4-11(9)17-12/h8-12H,2-7H2,1H3,(H,14,15). The molecule has 2 bridgehead atoms. The van der Waals surface area contributed by atoms with Crippen molar-refractivity contribution < 1.29 is 4.74 Å². The molecule has 0 spiro atoms. The van der Waals surface area contributed by atoms with E-state index in [1.807, 2.05) is 7.05 Å². The molecule has 4 rings (SSSR count). The lowest BCUT2D eigenvalue weighted by molar-refractivity contribution is 0.0767. The first-order valence-electron chi connectivity index (χ1n) is 6.99. The van der Waals surface area contributed by atoms with Crippen molar-refractivity contribution in [2.24, 2.45) is 16.8 Å². The molecular weight excluding hydrogens is 214 g/mol. The Hall–Kier alpha value is -0.770. The van der Waals surface area contributed by atoms with E-state index in [4.69, 9.17) is 4.74 Å². The molecule has 1 N–H and O–H groups in total. The number of hydrogen-bond acceptors (Lipinski definition) is 2. The van der Waals surface area contributed by atoms with Crippen molar-refractivity contribution in [3.8, 4) is 0 Å². The van der Waals surface area contributed by atoms with E-state index in [1.165, 1.54) is 25.7 Å². The first-order valence-corrected chi connectivity index (χ1v) is 6.99. The van der Waals surface area contributed by atoms with Crippen LogP contribution in [0.3, 0.4) is 0 Å². The van der Waals surface area contributed by atoms with Crippen molar-refractivity contribution in [1.82, 2.24) is 10.2 Å². The number of ether oxygens (including phenoxy) is 1. The minimum Gasteiger partial charge on any atom is -0.374 e. The Morgan fingerprint density at radius 2 is 1.76 bits per heavy atom. The highest BCUT2D eigenvalue weighted by atomic mass is 16.5. The summed E-state index contributed by atoms with van der Waals surface area (Å²) >= 11 is 0. The van der Waals surface area contributed by atoms with Gasteiger partial charge in [-0.15, -0.1) is 0 Å². The molecule has 0 aromatic carbocycles. The van der Waals surface area contributed by atoms with Crippen LogP contribution in [0.4, 0.5) is 0 Å². The van der Waals surface area contributed by atoms with E-state index in [9.17, 15) is 0 Å². The number of nitrogens with zero attached hydrogens (tertiary/aromatic N) is 2. The van der Waals surface area contributed by atoms with Crippen molar-refractivity contribution in [3.05, 3.63) is 0 Å². The molecule has 4 heteroatoms. The smallest absolute Gasteiger partial charge is 0.193 e. The van der Waals surface area contributed by atoms with Crippen LogP contribution in [0.15, 0.2) is 4.99 Å². The molecule has 17 heavy (non-hydrogen) atoms. The van der Waals surface area contributed by atoms with E-state index in [-0.39, 0.29) is 0 Å². The summed E-state index contributed by atoms with van der Waals surface area (Å²) < 4.78 is 6.01. The summed E-state index contributed by atoms with van der Waals surface area (Å²) in [6.45, 7) is 2.30. The van der Waals surface area contributed by atoms with Gasteiger partial charge in [0.05, 0.1) is 12.2 Å². The summed E-state index contributed by atoms with van der Waals surface area (Å²) in [6.07, 6.45) is 6.30. The van der Waals surface area contributed by atoms with E-state index in [0.29, 0.717) is 18.2 Å². The summed E-state index contributed by atoms with van der Waals surface area (Å²) in [4.78, 5) is 6.90. The summed E-state index contributed by atoms with van der Waals surface area (Å²) in [6, 6.07) is 0.696. The second-order valence-electron chi connectivity index (χ2n) is 5.99. The highest BCUT2D eigenvalue weighted by Gasteiger charge is 2.53. The molecule has 0 aromatic heterocycles. The predicted molar refractivity (Wildman–Crippen MR) is 66.0 cm³/mol. The van der Waals surface area contributed by atoms with E-state index in [2.05, 4.69) is 15.2 Å². The SMILES string of the molecule is CN=C(NC1CC1)N1CC2C3CCC(O3)C2C1. The number of fused-ring (bicyclic) bond motifs is 5. The molecule has 4 aliphatic rings. The van der Waals surface area contributed by atoms with Crippen LogP contribution >= 0.6 is 0 Å². The molecule has 4 nitrogen and oxygen atoms in total. The van der Waals surface area contributed by atoms with Crippen LogP contribution in [0.1, 0.15) is 25.7 Å². The van der Waals surface area contributed by atoms with Crippen molar-refractivity contribution in [1.29, 1.82) is 0 Å². The van der Waals surface area contributed by atoms with Crippen LogP contribution in [0.2, 0.25) is 0 Å². The van der Waals surface area contributed by atoms with Crippen LogP contribution in [0, 0.1) is 11.8 Å². The minimum absolute atomic E-state index is 0.550. The molecule has 0 radical (unpaired) electrons. The number of guanidine groups is 1. The van der Waals surface area contributed by atoms with Gasteiger partial charge in [0.1, 0.15) is 0 Å². The maximum Gasteiger partial charge on any atom is 0.193 e. The van der Waals surface area contributed by atoms with Gasteiger partial charge in [-0.25, -0.2) is 0 Å². The van der Waals surface area contributed by atoms with Gasteiger partial charge in [0.25, 0.3) is 0 Å². The molecule has 4 fully saturated rings. The zero-order chi connectivity index (χ0) is 11.4. The third-order valence-electron chi connectivity index (χ3n) is 4.87. The molecule has 3 saturated heterocycles. The average Bonchev–Trinajstić information content (AvgIpc) is 2.81. The second kappa shape index (κ2) is 3.61. The van der Waals surface area contributed by atoms with E-state index in [0.717, 1.165) is 30.9 Å². The van der Waals surface area contributed by atoms with E-state index in [1.54, 1.807) is 0 Å². The van der Waals surface area contributed by atoms with Crippen molar-refractivity contribution in [2.45, 2.75) is 43.9 Å². The molecular formula is C13H21N3O. The third-order valence-corrected chi connectivity index (χ3v) is 4.87. The Morgan fingerprint density at radius 1 is 1.12 bits per heavy atom. The van der Waals surface area contributed by atoms with Crippen LogP contribution in [-0.4, -0.2) is 49.2 Å². The van der Waals surface area contributed by atoms with Gasteiger partial charge in [0.15, 0.2) is 5.96 Å². The number of hydrogen-bond donors (Lipinski definition) is 1. The fourth-order valence-corrected chi connectivity index (χ4v) is 3.84. The first kappa shape index (κ1) is 10.2. The largest absolute Gasteiger partial charge is 0.374 e. The Morgan fingerprint density at radius 3 is 2.29 bits per heavy atom. The van der Waals surface area contributed by atoms with Gasteiger partial charge in [-0.2, -0.15) is 0 Å². The van der Waals surface area contributed by atoms with Gasteiger partial charge in [-0.05, 0) is 25.7 Å². The first-order chi connectivity index (χ1) is 8.35. The Balaban J connectivity index is 1.46. The molecule has 1 aliphatic carbocycles. The molecule has 0 amide bonds. The van der Waals surface area contributed by atoms with Crippen molar-refractivity contribution >= 4 is 5.96 Å². The molecule has 3 aliphatic heterocycles. The number of nitrogens with one attached hydrogen (secondary N) is 1. The lowest BCUT2D eigenvalue weighted by Crippen LogP contribution is -2.42. The highest BCUT2D eigenvalue weighted by Crippen LogP contribution is 2.47. The summed E-state index contributed by atoms with van der Waals surface area (Å²) in [7, 11) is 1.91. The van der Waals surface area contributed by atoms with Crippen molar-refractivity contribution in [3.63, 3.8) is 0 Å². The zero-order valence-corrected chi connectivity index (χ0v) is 10.4. The molecule has 3 heterocycles. The quantitative estimate of drug-likeness (QED) is 0.540. The molecule has 0 aromatic rings. The Labute approximate surface area is 102 Å². The predicted octanol–water partition coefficient (Wildman–Crippen LogP) is 0.833. The minimum atomic E-state index is 0.550. The van der Waals surface area contributed by atoms with Crippen LogP contribution < -0.4 is 5.32 Å². The van der Waals surface area contributed by atoms with Crippen molar-refractivity contribution in [2.75, 3.05) is 20.1 Å². The fraction of sp³-hybridized carbons (Fsp3) is 0.923. The normalized spacial score (nSPS) is 44.3. The van der Waals surface area contributed by atoms with Crippen LogP contribution in [0.25, 0.3) is 0 Å². The third kappa shape index (κ3) is 1.57. The Kier molecular flexibility index (Phi) is 2.16. The monoisotopic (exact) mass is 235 g/mol. The van der Waals surface area contributed by atoms with Gasteiger partial charge >= 0.3 is 0 Å². The number of aliphatic imine (C=N–C) groups is 1. The van der Waals surface area contributed by atoms with E-state index >= 15 is 0 Å². The zero-order valence-electron chi connectivity index (χ0n) is 10.4. The van der Waals surface area contributed by atoms with Gasteiger partial charge in [0.2, 0.25) is 0 Å². The van der Waals surface area contributed by atoms with Gasteiger partial charge in [-0.3, -0.25) is 4.99 Å². The summed E-state index contributed by atoms with van der Waals surface area (Å²) in [5, 5.41) is 3.56. The topological polar surface area (TPSA) is 36.9 Å². The van der Waals surface area contributed by atoms with Gasteiger partial charge < -0.3 is 15.0 Å². The molecule has 94 valence electrons. The second-order valence-corrected chi connectivity index (χ2v) is 5.99. The van der Waals surface area contributed by atoms with Gasteiger partial charge in [0, 0.05) is 38.0 Å². The number of rotatable bonds is 1. The Bertz CT molecular complexity index is 335. The molecule has 1 saturated carbocycles. The van der Waals surface area contributed by atoms with Gasteiger partial charge in [-0.1, -0.05) is 0 Å².